The lowest BCUT2D eigenvalue weighted by Gasteiger charge is -1.99. The van der Waals surface area contributed by atoms with Gasteiger partial charge in [-0.15, -0.1) is 0 Å². The van der Waals surface area contributed by atoms with Crippen molar-refractivity contribution in [2.24, 2.45) is 7.05 Å². The van der Waals surface area contributed by atoms with Crippen molar-refractivity contribution in [2.45, 2.75) is 6.92 Å². The number of nitrogens with one attached hydrogen (secondary N) is 1. The van der Waals surface area contributed by atoms with Crippen molar-refractivity contribution < 1.29 is 4.84 Å². The largest absolute Gasteiger partial charge is 0.271 e. The maximum absolute atomic E-state index is 5.39. The molecule has 4 nitrogen and oxygen atoms in total. The molecule has 0 aliphatic heterocycles. The van der Waals surface area contributed by atoms with Crippen LogP contribution in [0, 0.1) is 6.92 Å². The Balaban J connectivity index is 2.35. The summed E-state index contributed by atoms with van der Waals surface area (Å²) in [7, 11) is 1.86. The van der Waals surface area contributed by atoms with Crippen LogP contribution >= 0.6 is 23.2 Å². The molecule has 1 rings (SSSR count). The van der Waals surface area contributed by atoms with E-state index < -0.39 is 0 Å². The molecule has 1 aromatic heterocycles. The van der Waals surface area contributed by atoms with Crippen LogP contribution in [0.2, 0.25) is 0 Å². The summed E-state index contributed by atoms with van der Waals surface area (Å²) in [6, 6.07) is 1.87. The average molecular weight is 236 g/mol. The summed E-state index contributed by atoms with van der Waals surface area (Å²) in [5, 5.41) is 4.12. The quantitative estimate of drug-likeness (QED) is 0.644. The summed E-state index contributed by atoms with van der Waals surface area (Å²) in [5.74, 6) is 0.657. The predicted octanol–water partition coefficient (Wildman–Crippen LogP) is 2.39. The van der Waals surface area contributed by atoms with Crippen LogP contribution in [0.3, 0.4) is 0 Å². The molecule has 0 aliphatic rings. The third kappa shape index (κ3) is 3.57. The zero-order valence-electron chi connectivity index (χ0n) is 7.92. The van der Waals surface area contributed by atoms with E-state index in [1.807, 2.05) is 20.0 Å². The smallest absolute Gasteiger partial charge is 0.171 e. The summed E-state index contributed by atoms with van der Waals surface area (Å²) < 4.78 is 1.93. The lowest BCUT2D eigenvalue weighted by atomic mass is 10.5. The van der Waals surface area contributed by atoms with Crippen molar-refractivity contribution in [3.63, 3.8) is 0 Å². The van der Waals surface area contributed by atoms with E-state index in [-0.39, 0.29) is 11.1 Å². The SMILES string of the molecule is Cc1cc(NOCC=C(Cl)Cl)nn1C. The topological polar surface area (TPSA) is 39.1 Å². The Morgan fingerprint density at radius 1 is 1.71 bits per heavy atom. The highest BCUT2D eigenvalue weighted by Gasteiger charge is 1.98. The van der Waals surface area contributed by atoms with Crippen LogP contribution in [0.5, 0.6) is 0 Å². The Bertz CT molecular complexity index is 312. The summed E-state index contributed by atoms with van der Waals surface area (Å²) in [6.07, 6.45) is 1.53. The van der Waals surface area contributed by atoms with Gasteiger partial charge in [-0.25, -0.2) is 5.48 Å². The van der Waals surface area contributed by atoms with E-state index in [4.69, 9.17) is 28.0 Å². The lowest BCUT2D eigenvalue weighted by molar-refractivity contribution is 0.226. The fourth-order valence-corrected chi connectivity index (χ4v) is 0.957. The Hall–Kier alpha value is -0.710. The van der Waals surface area contributed by atoms with Gasteiger partial charge in [-0.1, -0.05) is 23.2 Å². The molecule has 1 N–H and O–H groups in total. The minimum atomic E-state index is 0.184. The highest BCUT2D eigenvalue weighted by Crippen LogP contribution is 2.08. The van der Waals surface area contributed by atoms with Crippen molar-refractivity contribution in [2.75, 3.05) is 12.1 Å². The van der Waals surface area contributed by atoms with Crippen LogP contribution in [0.15, 0.2) is 16.6 Å². The fraction of sp³-hybridized carbons (Fsp3) is 0.375. The van der Waals surface area contributed by atoms with E-state index >= 15 is 0 Å². The molecule has 0 unspecified atom stereocenters. The number of hydrogen-bond acceptors (Lipinski definition) is 3. The van der Waals surface area contributed by atoms with Gasteiger partial charge in [0.2, 0.25) is 0 Å². The molecule has 14 heavy (non-hydrogen) atoms. The summed E-state index contributed by atoms with van der Waals surface area (Å²) in [5.41, 5.74) is 3.71. The Kier molecular flexibility index (Phi) is 4.25. The molecule has 0 spiro atoms. The molecule has 1 heterocycles. The minimum absolute atomic E-state index is 0.184. The monoisotopic (exact) mass is 235 g/mol. The van der Waals surface area contributed by atoms with Gasteiger partial charge in [-0.2, -0.15) is 5.10 Å². The van der Waals surface area contributed by atoms with E-state index in [2.05, 4.69) is 10.6 Å². The predicted molar refractivity (Wildman–Crippen MR) is 57.3 cm³/mol. The van der Waals surface area contributed by atoms with Gasteiger partial charge in [-0.3, -0.25) is 9.52 Å². The first-order chi connectivity index (χ1) is 6.59. The van der Waals surface area contributed by atoms with Crippen molar-refractivity contribution in [1.82, 2.24) is 9.78 Å². The van der Waals surface area contributed by atoms with Gasteiger partial charge in [-0.05, 0) is 13.0 Å². The molecule has 0 bridgehead atoms. The molecule has 6 heteroatoms. The zero-order valence-corrected chi connectivity index (χ0v) is 9.43. The molecule has 0 fully saturated rings. The summed E-state index contributed by atoms with van der Waals surface area (Å²) in [6.45, 7) is 2.24. The lowest BCUT2D eigenvalue weighted by Crippen LogP contribution is -2.02. The van der Waals surface area contributed by atoms with E-state index in [9.17, 15) is 0 Å². The number of anilines is 1. The second-order valence-corrected chi connectivity index (χ2v) is 3.71. The molecule has 0 amide bonds. The van der Waals surface area contributed by atoms with Crippen LogP contribution in [0.1, 0.15) is 5.69 Å². The Morgan fingerprint density at radius 2 is 2.43 bits per heavy atom. The Labute approximate surface area is 92.4 Å². The molecule has 0 saturated heterocycles. The van der Waals surface area contributed by atoms with Crippen LogP contribution < -0.4 is 5.48 Å². The Morgan fingerprint density at radius 3 is 2.93 bits per heavy atom. The number of hydrogen-bond donors (Lipinski definition) is 1. The normalized spacial score (nSPS) is 10.0. The number of aryl methyl sites for hydroxylation is 2. The standard InChI is InChI=1S/C8H11Cl2N3O/c1-6-5-8(11-13(6)2)12-14-4-3-7(9)10/h3,5H,4H2,1-2H3,(H,11,12). The third-order valence-electron chi connectivity index (χ3n) is 1.61. The van der Waals surface area contributed by atoms with Crippen molar-refractivity contribution in [3.8, 4) is 0 Å². The fourth-order valence-electron chi connectivity index (χ4n) is 0.831. The first-order valence-corrected chi connectivity index (χ1v) is 4.75. The van der Waals surface area contributed by atoms with Crippen molar-refractivity contribution in [3.05, 3.63) is 22.3 Å². The molecule has 78 valence electrons. The van der Waals surface area contributed by atoms with Crippen LogP contribution in [0.25, 0.3) is 0 Å². The van der Waals surface area contributed by atoms with Crippen molar-refractivity contribution >= 4 is 29.0 Å². The number of halogens is 2. The van der Waals surface area contributed by atoms with E-state index in [0.717, 1.165) is 5.69 Å². The summed E-state index contributed by atoms with van der Waals surface area (Å²) >= 11 is 10.8. The van der Waals surface area contributed by atoms with Crippen LogP contribution in [-0.4, -0.2) is 16.4 Å². The molecule has 0 radical (unpaired) electrons. The number of rotatable bonds is 4. The highest BCUT2D eigenvalue weighted by atomic mass is 35.5. The second kappa shape index (κ2) is 5.24. The molecular weight excluding hydrogens is 225 g/mol. The second-order valence-electron chi connectivity index (χ2n) is 2.70. The maximum atomic E-state index is 5.39. The van der Waals surface area contributed by atoms with Gasteiger partial charge < -0.3 is 0 Å². The maximum Gasteiger partial charge on any atom is 0.171 e. The van der Waals surface area contributed by atoms with E-state index in [1.165, 1.54) is 6.08 Å². The van der Waals surface area contributed by atoms with Crippen LogP contribution in [0.4, 0.5) is 5.82 Å². The summed E-state index contributed by atoms with van der Waals surface area (Å²) in [4.78, 5) is 5.03. The number of nitrogens with zero attached hydrogens (tertiary/aromatic N) is 2. The molecule has 0 saturated carbocycles. The third-order valence-corrected chi connectivity index (χ3v) is 1.92. The highest BCUT2D eigenvalue weighted by molar-refractivity contribution is 6.55. The minimum Gasteiger partial charge on any atom is -0.271 e. The molecule has 0 aromatic carbocycles. The van der Waals surface area contributed by atoms with Gasteiger partial charge in [0.1, 0.15) is 4.49 Å². The van der Waals surface area contributed by atoms with Gasteiger partial charge in [0, 0.05) is 18.8 Å². The molecular formula is C8H11Cl2N3O. The molecule has 1 aromatic rings. The number of aromatic nitrogens is 2. The van der Waals surface area contributed by atoms with E-state index in [1.54, 1.807) is 4.68 Å². The first kappa shape index (κ1) is 11.4. The van der Waals surface area contributed by atoms with Gasteiger partial charge in [0.25, 0.3) is 0 Å². The van der Waals surface area contributed by atoms with Crippen molar-refractivity contribution in [1.29, 1.82) is 0 Å². The average Bonchev–Trinajstić information content (AvgIpc) is 2.40. The van der Waals surface area contributed by atoms with Crippen LogP contribution in [-0.2, 0) is 11.9 Å². The van der Waals surface area contributed by atoms with Gasteiger partial charge in [0.15, 0.2) is 5.82 Å². The zero-order chi connectivity index (χ0) is 10.6. The van der Waals surface area contributed by atoms with E-state index in [0.29, 0.717) is 5.82 Å². The molecule has 0 atom stereocenters. The first-order valence-electron chi connectivity index (χ1n) is 3.99. The molecule has 0 aliphatic carbocycles. The van der Waals surface area contributed by atoms with Gasteiger partial charge in [0.05, 0.1) is 6.61 Å². The van der Waals surface area contributed by atoms with Gasteiger partial charge >= 0.3 is 0 Å².